The fourth-order valence-electron chi connectivity index (χ4n) is 2.96. The van der Waals surface area contributed by atoms with E-state index in [0.717, 1.165) is 30.5 Å². The van der Waals surface area contributed by atoms with Gasteiger partial charge in [0.05, 0.1) is 5.56 Å². The monoisotopic (exact) mass is 340 g/mol. The van der Waals surface area contributed by atoms with Crippen molar-refractivity contribution in [2.75, 3.05) is 5.88 Å². The molecule has 0 heterocycles. The van der Waals surface area contributed by atoms with Crippen molar-refractivity contribution < 1.29 is 17.9 Å². The normalized spacial score (nSPS) is 23.6. The molecule has 3 rings (SSSR count). The van der Waals surface area contributed by atoms with E-state index in [9.17, 15) is 13.2 Å². The van der Waals surface area contributed by atoms with Crippen LogP contribution in [0, 0.1) is 0 Å². The summed E-state index contributed by atoms with van der Waals surface area (Å²) in [5, 5.41) is 0. The van der Waals surface area contributed by atoms with Crippen molar-refractivity contribution >= 4 is 11.6 Å². The molecule has 1 aliphatic rings. The van der Waals surface area contributed by atoms with Crippen LogP contribution in [0.1, 0.15) is 24.0 Å². The Bertz CT molecular complexity index is 654. The summed E-state index contributed by atoms with van der Waals surface area (Å²) in [5.41, 5.74) is 0.361. The van der Waals surface area contributed by atoms with E-state index in [1.807, 2.05) is 30.3 Å². The van der Waals surface area contributed by atoms with Crippen molar-refractivity contribution in [3.05, 3.63) is 65.7 Å². The minimum atomic E-state index is -4.33. The largest absolute Gasteiger partial charge is 0.489 e. The van der Waals surface area contributed by atoms with E-state index >= 15 is 0 Å². The third kappa shape index (κ3) is 3.32. The average molecular weight is 341 g/mol. The van der Waals surface area contributed by atoms with E-state index < -0.39 is 11.7 Å². The van der Waals surface area contributed by atoms with Crippen molar-refractivity contribution in [3.8, 4) is 5.75 Å². The molecule has 2 aromatic rings. The van der Waals surface area contributed by atoms with Crippen LogP contribution in [0.4, 0.5) is 13.2 Å². The van der Waals surface area contributed by atoms with Crippen LogP contribution in [-0.4, -0.2) is 12.0 Å². The van der Waals surface area contributed by atoms with Gasteiger partial charge < -0.3 is 4.74 Å². The van der Waals surface area contributed by atoms with Gasteiger partial charge in [0.25, 0.3) is 0 Å². The van der Waals surface area contributed by atoms with Crippen LogP contribution in [0.25, 0.3) is 0 Å². The first kappa shape index (κ1) is 16.2. The summed E-state index contributed by atoms with van der Waals surface area (Å²) in [5.74, 6) is 0.970. The first-order valence-electron chi connectivity index (χ1n) is 7.41. The molecular weight excluding hydrogens is 325 g/mol. The highest BCUT2D eigenvalue weighted by Gasteiger charge is 2.56. The molecule has 0 saturated heterocycles. The number of ether oxygens (including phenoxy) is 1. The van der Waals surface area contributed by atoms with Gasteiger partial charge in [-0.15, -0.1) is 11.6 Å². The summed E-state index contributed by atoms with van der Waals surface area (Å²) in [7, 11) is 0. The maximum Gasteiger partial charge on any atom is 0.416 e. The molecule has 122 valence electrons. The third-order valence-electron chi connectivity index (χ3n) is 4.36. The van der Waals surface area contributed by atoms with Crippen molar-refractivity contribution in [1.82, 2.24) is 0 Å². The Balaban J connectivity index is 1.74. The predicted molar refractivity (Wildman–Crippen MR) is 83.9 cm³/mol. The molecule has 0 N–H and O–H groups in total. The van der Waals surface area contributed by atoms with Crippen LogP contribution in [0.5, 0.6) is 5.75 Å². The molecule has 0 spiro atoms. The molecule has 1 saturated carbocycles. The van der Waals surface area contributed by atoms with Gasteiger partial charge in [0.2, 0.25) is 0 Å². The van der Waals surface area contributed by atoms with E-state index in [2.05, 4.69) is 0 Å². The lowest BCUT2D eigenvalue weighted by molar-refractivity contribution is -0.137. The van der Waals surface area contributed by atoms with Gasteiger partial charge in [-0.1, -0.05) is 30.3 Å². The average Bonchev–Trinajstić information content (AvgIpc) is 3.22. The van der Waals surface area contributed by atoms with E-state index in [1.54, 1.807) is 0 Å². The second-order valence-electron chi connectivity index (χ2n) is 5.79. The Labute approximate surface area is 138 Å². The molecule has 0 bridgehead atoms. The lowest BCUT2D eigenvalue weighted by atomic mass is 9.93. The Hall–Kier alpha value is -1.68. The molecule has 0 radical (unpaired) electrons. The molecule has 0 amide bonds. The standard InChI is InChI=1S/C18H16ClF3O/c19-11-10-17(13-4-2-1-3-5-13)12-16(17)23-15-8-6-14(7-9-15)18(20,21)22/h1-9,16H,10-12H2. The van der Waals surface area contributed by atoms with Gasteiger partial charge in [0.15, 0.2) is 0 Å². The zero-order chi connectivity index (χ0) is 16.5. The summed E-state index contributed by atoms with van der Waals surface area (Å²) in [4.78, 5) is 0. The molecule has 23 heavy (non-hydrogen) atoms. The van der Waals surface area contributed by atoms with E-state index in [4.69, 9.17) is 16.3 Å². The van der Waals surface area contributed by atoms with Crippen molar-refractivity contribution in [2.24, 2.45) is 0 Å². The van der Waals surface area contributed by atoms with Crippen LogP contribution in [0.2, 0.25) is 0 Å². The second-order valence-corrected chi connectivity index (χ2v) is 6.17. The van der Waals surface area contributed by atoms with Gasteiger partial charge in [0, 0.05) is 11.3 Å². The van der Waals surface area contributed by atoms with Gasteiger partial charge >= 0.3 is 6.18 Å². The number of hydrogen-bond acceptors (Lipinski definition) is 1. The van der Waals surface area contributed by atoms with Gasteiger partial charge in [-0.3, -0.25) is 0 Å². The van der Waals surface area contributed by atoms with Gasteiger partial charge in [-0.05, 0) is 42.7 Å². The number of hydrogen-bond donors (Lipinski definition) is 0. The lowest BCUT2D eigenvalue weighted by Crippen LogP contribution is -2.17. The maximum absolute atomic E-state index is 12.6. The highest BCUT2D eigenvalue weighted by atomic mass is 35.5. The molecule has 2 unspecified atom stereocenters. The molecular formula is C18H16ClF3O. The minimum Gasteiger partial charge on any atom is -0.489 e. The van der Waals surface area contributed by atoms with Crippen LogP contribution >= 0.6 is 11.6 Å². The van der Waals surface area contributed by atoms with Crippen LogP contribution in [0.3, 0.4) is 0 Å². The van der Waals surface area contributed by atoms with Gasteiger partial charge in [-0.2, -0.15) is 13.2 Å². The highest BCUT2D eigenvalue weighted by Crippen LogP contribution is 2.53. The quantitative estimate of drug-likeness (QED) is 0.660. The zero-order valence-electron chi connectivity index (χ0n) is 12.3. The Kier molecular flexibility index (Phi) is 4.28. The molecule has 2 atom stereocenters. The van der Waals surface area contributed by atoms with Crippen LogP contribution in [-0.2, 0) is 11.6 Å². The topological polar surface area (TPSA) is 9.23 Å². The molecule has 5 heteroatoms. The number of rotatable bonds is 5. The summed E-state index contributed by atoms with van der Waals surface area (Å²) >= 11 is 5.93. The number of alkyl halides is 4. The van der Waals surface area contributed by atoms with Crippen LogP contribution in [0.15, 0.2) is 54.6 Å². The first-order valence-corrected chi connectivity index (χ1v) is 7.94. The fourth-order valence-corrected chi connectivity index (χ4v) is 3.30. The van der Waals surface area contributed by atoms with E-state index in [-0.39, 0.29) is 11.5 Å². The highest BCUT2D eigenvalue weighted by molar-refractivity contribution is 6.17. The number of halogens is 4. The number of benzene rings is 2. The lowest BCUT2D eigenvalue weighted by Gasteiger charge is -2.17. The SMILES string of the molecule is FC(F)(F)c1ccc(OC2CC2(CCCl)c2ccccc2)cc1. The predicted octanol–water partition coefficient (Wildman–Crippen LogP) is 5.42. The molecule has 2 aromatic carbocycles. The van der Waals surface area contributed by atoms with Crippen molar-refractivity contribution in [1.29, 1.82) is 0 Å². The summed E-state index contributed by atoms with van der Waals surface area (Å²) in [6.45, 7) is 0. The Morgan fingerprint density at radius 3 is 2.26 bits per heavy atom. The maximum atomic E-state index is 12.6. The molecule has 0 aliphatic heterocycles. The first-order chi connectivity index (χ1) is 11.0. The molecule has 0 aromatic heterocycles. The Morgan fingerprint density at radius 2 is 1.70 bits per heavy atom. The van der Waals surface area contributed by atoms with E-state index in [0.29, 0.717) is 11.6 Å². The third-order valence-corrected chi connectivity index (χ3v) is 4.54. The van der Waals surface area contributed by atoms with Crippen molar-refractivity contribution in [3.63, 3.8) is 0 Å². The van der Waals surface area contributed by atoms with Crippen molar-refractivity contribution in [2.45, 2.75) is 30.5 Å². The molecule has 1 fully saturated rings. The summed E-state index contributed by atoms with van der Waals surface area (Å²) < 4.78 is 43.6. The second kappa shape index (κ2) is 6.08. The fraction of sp³-hybridized carbons (Fsp3) is 0.333. The molecule has 1 aliphatic carbocycles. The zero-order valence-corrected chi connectivity index (χ0v) is 13.1. The Morgan fingerprint density at radius 1 is 1.04 bits per heavy atom. The van der Waals surface area contributed by atoms with Gasteiger partial charge in [0.1, 0.15) is 11.9 Å². The smallest absolute Gasteiger partial charge is 0.416 e. The summed E-state index contributed by atoms with van der Waals surface area (Å²) in [6.07, 6.45) is -2.78. The molecule has 1 nitrogen and oxygen atoms in total. The minimum absolute atomic E-state index is 0.0552. The van der Waals surface area contributed by atoms with Gasteiger partial charge in [-0.25, -0.2) is 0 Å². The summed E-state index contributed by atoms with van der Waals surface area (Å²) in [6, 6.07) is 14.8. The van der Waals surface area contributed by atoms with Crippen LogP contribution < -0.4 is 4.74 Å². The van der Waals surface area contributed by atoms with E-state index in [1.165, 1.54) is 12.1 Å².